The average Bonchev–Trinajstić information content (AvgIpc) is 2.98. The van der Waals surface area contributed by atoms with E-state index in [9.17, 15) is 57.0 Å². The number of aromatic nitrogens is 3. The third-order valence-electron chi connectivity index (χ3n) is 6.50. The summed E-state index contributed by atoms with van der Waals surface area (Å²) in [5.41, 5.74) is 3.47. The lowest BCUT2D eigenvalue weighted by molar-refractivity contribution is 0.472. The monoisotopic (exact) mass is 802 g/mol. The number of nitrogens with two attached hydrogens (primary N) is 1. The highest BCUT2D eigenvalue weighted by Gasteiger charge is 2.26. The van der Waals surface area contributed by atoms with Gasteiger partial charge in [-0.3, -0.25) is 18.2 Å². The summed E-state index contributed by atoms with van der Waals surface area (Å²) in [4.78, 5) is 8.41. The Hall–Kier alpha value is -5.12. The van der Waals surface area contributed by atoms with Crippen LogP contribution >= 0.6 is 11.6 Å². The zero-order valence-corrected chi connectivity index (χ0v) is 28.6. The van der Waals surface area contributed by atoms with E-state index in [1.807, 2.05) is 0 Å². The van der Waals surface area contributed by atoms with Crippen molar-refractivity contribution >= 4 is 103 Å². The molecule has 0 fully saturated rings. The van der Waals surface area contributed by atoms with E-state index in [1.165, 1.54) is 18.2 Å². The minimum Gasteiger partial charge on any atom is -0.505 e. The number of phenolic OH excluding ortho intramolecular Hbond substituents is 1. The molecular weight excluding hydrogens is 784 g/mol. The molecule has 268 valence electrons. The molecule has 0 saturated carbocycles. The maximum atomic E-state index is 12.4. The third kappa shape index (κ3) is 8.27. The van der Waals surface area contributed by atoms with Crippen LogP contribution in [0.1, 0.15) is 0 Å². The van der Waals surface area contributed by atoms with Crippen molar-refractivity contribution < 1.29 is 57.0 Å². The Morgan fingerprint density at radius 2 is 1.27 bits per heavy atom. The Labute approximate surface area is 291 Å². The summed E-state index contributed by atoms with van der Waals surface area (Å²) in [5.74, 6) is -1.89. The summed E-state index contributed by atoms with van der Waals surface area (Å²) in [5, 5.41) is 22.4. The van der Waals surface area contributed by atoms with Gasteiger partial charge in [-0.1, -0.05) is 12.1 Å². The standard InChI is InChI=1S/C25H19ClN8O13S4/c26-23-30-24(28-12-5-6-17(14(27)9-12)49(39,40)41)32-25(31-23)29-16-10-13(48(36,37)38)7-11-8-19(51(45,46)47)21(22(35)20(11)16)34-33-15-3-1-2-4-18(15)50(42,43)44/h1-10,35H,27H2,(H,36,37,38)(H,39,40,41)(H,42,43,44)(H,45,46,47)(H2,28,29,30,31,32)/b34-33+. The fourth-order valence-corrected chi connectivity index (χ4v) is 7.02. The predicted molar refractivity (Wildman–Crippen MR) is 178 cm³/mol. The molecule has 0 aliphatic carbocycles. The van der Waals surface area contributed by atoms with Crippen LogP contribution in [0, 0.1) is 0 Å². The number of hydrogen-bond donors (Lipinski definition) is 8. The number of phenols is 1. The van der Waals surface area contributed by atoms with Crippen molar-refractivity contribution in [2.24, 2.45) is 10.2 Å². The van der Waals surface area contributed by atoms with Gasteiger partial charge >= 0.3 is 0 Å². The molecule has 9 N–H and O–H groups in total. The molecule has 51 heavy (non-hydrogen) atoms. The molecule has 1 aromatic heterocycles. The second kappa shape index (κ2) is 13.2. The normalized spacial score (nSPS) is 12.7. The van der Waals surface area contributed by atoms with Gasteiger partial charge in [-0.2, -0.15) is 48.6 Å². The first kappa shape index (κ1) is 37.1. The lowest BCUT2D eigenvalue weighted by atomic mass is 10.1. The third-order valence-corrected chi connectivity index (χ3v) is 10.2. The summed E-state index contributed by atoms with van der Waals surface area (Å²) >= 11 is 6.05. The van der Waals surface area contributed by atoms with Gasteiger partial charge in [0.25, 0.3) is 40.5 Å². The van der Waals surface area contributed by atoms with Gasteiger partial charge in [-0.25, -0.2) is 0 Å². The zero-order valence-electron chi connectivity index (χ0n) is 24.6. The van der Waals surface area contributed by atoms with Crippen LogP contribution in [0.4, 0.5) is 40.3 Å². The molecule has 5 aromatic rings. The molecule has 0 unspecified atom stereocenters. The first-order valence-corrected chi connectivity index (χ1v) is 19.3. The summed E-state index contributed by atoms with van der Waals surface area (Å²) in [7, 11) is -19.8. The first-order valence-electron chi connectivity index (χ1n) is 13.1. The Kier molecular flexibility index (Phi) is 9.62. The van der Waals surface area contributed by atoms with E-state index in [0.29, 0.717) is 6.07 Å². The number of anilines is 5. The molecule has 1 heterocycles. The van der Waals surface area contributed by atoms with E-state index >= 15 is 0 Å². The van der Waals surface area contributed by atoms with Crippen LogP contribution in [-0.2, 0) is 40.5 Å². The Balaban J connectivity index is 1.69. The van der Waals surface area contributed by atoms with Crippen molar-refractivity contribution in [3.8, 4) is 5.75 Å². The molecule has 4 aromatic carbocycles. The number of fused-ring (bicyclic) bond motifs is 1. The minimum absolute atomic E-state index is 0.0906. The number of nitrogens with one attached hydrogen (secondary N) is 2. The quantitative estimate of drug-likeness (QED) is 0.0564. The summed E-state index contributed by atoms with van der Waals surface area (Å²) in [6.07, 6.45) is 0. The van der Waals surface area contributed by atoms with E-state index in [4.69, 9.17) is 17.3 Å². The van der Waals surface area contributed by atoms with Gasteiger partial charge in [-0.05, 0) is 65.5 Å². The van der Waals surface area contributed by atoms with Crippen molar-refractivity contribution in [3.05, 3.63) is 65.9 Å². The van der Waals surface area contributed by atoms with E-state index in [0.717, 1.165) is 36.4 Å². The number of aromatic hydroxyl groups is 1. The van der Waals surface area contributed by atoms with Gasteiger partial charge in [0.2, 0.25) is 17.2 Å². The van der Waals surface area contributed by atoms with Crippen LogP contribution in [0.2, 0.25) is 5.28 Å². The van der Waals surface area contributed by atoms with Gasteiger partial charge in [0, 0.05) is 11.1 Å². The molecular formula is C25H19ClN8O13S4. The lowest BCUT2D eigenvalue weighted by Crippen LogP contribution is -2.07. The van der Waals surface area contributed by atoms with Gasteiger partial charge < -0.3 is 21.5 Å². The maximum Gasteiger partial charge on any atom is 0.296 e. The number of benzene rings is 4. The van der Waals surface area contributed by atoms with Crippen LogP contribution in [-0.4, -0.2) is 71.9 Å². The summed E-state index contributed by atoms with van der Waals surface area (Å²) in [6, 6.07) is 9.94. The van der Waals surface area contributed by atoms with Crippen molar-refractivity contribution in [2.45, 2.75) is 19.6 Å². The number of hydrogen-bond acceptors (Lipinski definition) is 17. The van der Waals surface area contributed by atoms with Crippen LogP contribution in [0.15, 0.2) is 90.5 Å². The first-order chi connectivity index (χ1) is 23.5. The maximum absolute atomic E-state index is 12.4. The Bertz CT molecular complexity index is 2750. The molecule has 5 rings (SSSR count). The number of azo groups is 1. The van der Waals surface area contributed by atoms with Crippen LogP contribution in [0.3, 0.4) is 0 Å². The number of nitrogens with zero attached hydrogens (tertiary/aromatic N) is 5. The highest BCUT2D eigenvalue weighted by Crippen LogP contribution is 2.46. The molecule has 0 bridgehead atoms. The van der Waals surface area contributed by atoms with Crippen LogP contribution in [0.5, 0.6) is 5.75 Å². The Morgan fingerprint density at radius 1 is 0.667 bits per heavy atom. The highest BCUT2D eigenvalue weighted by atomic mass is 35.5. The van der Waals surface area contributed by atoms with E-state index in [-0.39, 0.29) is 17.3 Å². The molecule has 0 radical (unpaired) electrons. The van der Waals surface area contributed by atoms with Gasteiger partial charge in [-0.15, -0.1) is 10.2 Å². The topological polar surface area (TPSA) is 351 Å². The van der Waals surface area contributed by atoms with Crippen molar-refractivity contribution in [1.82, 2.24) is 15.0 Å². The molecule has 0 amide bonds. The molecule has 0 saturated heterocycles. The number of rotatable bonds is 10. The SMILES string of the molecule is Nc1cc(Nc2nc(Cl)nc(Nc3cc(S(=O)(=O)O)cc4cc(S(=O)(=O)O)c(/N=N/c5ccccc5S(=O)(=O)O)c(O)c34)n2)ccc1S(=O)(=O)O. The molecule has 0 aliphatic heterocycles. The predicted octanol–water partition coefficient (Wildman–Crippen LogP) is 3.86. The van der Waals surface area contributed by atoms with Crippen molar-refractivity contribution in [3.63, 3.8) is 0 Å². The molecule has 0 aliphatic rings. The van der Waals surface area contributed by atoms with E-state index < -0.39 is 105 Å². The van der Waals surface area contributed by atoms with Gasteiger partial charge in [0.05, 0.1) is 16.3 Å². The van der Waals surface area contributed by atoms with Crippen LogP contribution < -0.4 is 16.4 Å². The second-order valence-electron chi connectivity index (χ2n) is 9.96. The number of nitrogen functional groups attached to an aromatic ring is 1. The zero-order chi connectivity index (χ0) is 37.7. The molecule has 0 atom stereocenters. The van der Waals surface area contributed by atoms with E-state index in [2.05, 4.69) is 35.8 Å². The van der Waals surface area contributed by atoms with Crippen LogP contribution in [0.25, 0.3) is 10.8 Å². The van der Waals surface area contributed by atoms with Crippen molar-refractivity contribution in [2.75, 3.05) is 16.4 Å². The summed E-state index contributed by atoms with van der Waals surface area (Å²) < 4.78 is 134. The van der Waals surface area contributed by atoms with E-state index in [1.54, 1.807) is 0 Å². The smallest absolute Gasteiger partial charge is 0.296 e. The molecule has 21 nitrogen and oxygen atoms in total. The van der Waals surface area contributed by atoms with Gasteiger partial charge in [0.1, 0.15) is 26.1 Å². The second-order valence-corrected chi connectivity index (χ2v) is 15.9. The average molecular weight is 803 g/mol. The largest absolute Gasteiger partial charge is 0.505 e. The fourth-order valence-electron chi connectivity index (χ4n) is 4.43. The fraction of sp³-hybridized carbons (Fsp3) is 0. The Morgan fingerprint density at radius 3 is 1.86 bits per heavy atom. The molecule has 26 heteroatoms. The van der Waals surface area contributed by atoms with Gasteiger partial charge in [0.15, 0.2) is 5.75 Å². The highest BCUT2D eigenvalue weighted by molar-refractivity contribution is 7.86. The summed E-state index contributed by atoms with van der Waals surface area (Å²) in [6.45, 7) is 0. The lowest BCUT2D eigenvalue weighted by Gasteiger charge is -2.15. The number of halogens is 1. The van der Waals surface area contributed by atoms with Crippen molar-refractivity contribution in [1.29, 1.82) is 0 Å². The minimum atomic E-state index is -5.29. The molecule has 0 spiro atoms.